The summed E-state index contributed by atoms with van der Waals surface area (Å²) in [6.07, 6.45) is -1.03. The van der Waals surface area contributed by atoms with Crippen LogP contribution in [0.4, 0.5) is 0 Å². The maximum atomic E-state index is 12.6. The van der Waals surface area contributed by atoms with Crippen LogP contribution in [0.3, 0.4) is 0 Å². The normalized spacial score (nSPS) is 16.8. The first kappa shape index (κ1) is 21.8. The van der Waals surface area contributed by atoms with Crippen molar-refractivity contribution in [1.82, 2.24) is 0 Å². The van der Waals surface area contributed by atoms with Gasteiger partial charge in [0.1, 0.15) is 18.1 Å². The Morgan fingerprint density at radius 3 is 2.59 bits per heavy atom. The summed E-state index contributed by atoms with van der Waals surface area (Å²) in [6.45, 7) is 1.89. The molecule has 1 aromatic heterocycles. The maximum Gasteiger partial charge on any atom is 0.348 e. The molecule has 0 fully saturated rings. The molecule has 2 atom stereocenters. The molecule has 0 saturated heterocycles. The van der Waals surface area contributed by atoms with Crippen molar-refractivity contribution in [2.24, 2.45) is 0 Å². The zero-order valence-electron chi connectivity index (χ0n) is 17.7. The average molecular weight is 457 g/mol. The number of ether oxygens (including phenoxy) is 4. The van der Waals surface area contributed by atoms with Crippen molar-refractivity contribution in [3.8, 4) is 17.2 Å². The Bertz CT molecular complexity index is 1220. The van der Waals surface area contributed by atoms with Gasteiger partial charge in [-0.05, 0) is 30.7 Å². The highest BCUT2D eigenvalue weighted by molar-refractivity contribution is 6.31. The van der Waals surface area contributed by atoms with Crippen LogP contribution in [-0.2, 0) is 16.1 Å². The van der Waals surface area contributed by atoms with Gasteiger partial charge < -0.3 is 23.4 Å². The molecule has 1 aliphatic heterocycles. The molecule has 0 saturated carbocycles. The van der Waals surface area contributed by atoms with E-state index in [0.717, 1.165) is 5.56 Å². The molecule has 8 heteroatoms. The van der Waals surface area contributed by atoms with Crippen molar-refractivity contribution in [3.05, 3.63) is 86.4 Å². The quantitative estimate of drug-likeness (QED) is 0.512. The second kappa shape index (κ2) is 8.96. The average Bonchev–Trinajstić information content (AvgIpc) is 3.17. The van der Waals surface area contributed by atoms with Crippen molar-refractivity contribution in [2.45, 2.75) is 25.6 Å². The van der Waals surface area contributed by atoms with Gasteiger partial charge in [0, 0.05) is 16.7 Å². The molecule has 32 heavy (non-hydrogen) atoms. The molecule has 2 unspecified atom stereocenters. The van der Waals surface area contributed by atoms with E-state index in [-0.39, 0.29) is 12.2 Å². The van der Waals surface area contributed by atoms with Gasteiger partial charge in [0.05, 0.1) is 25.7 Å². The molecular weight excluding hydrogens is 436 g/mol. The van der Waals surface area contributed by atoms with Gasteiger partial charge in [-0.15, -0.1) is 0 Å². The van der Waals surface area contributed by atoms with Gasteiger partial charge in [-0.25, -0.2) is 9.59 Å². The fraction of sp³-hybridized carbons (Fsp3) is 0.250. The van der Waals surface area contributed by atoms with E-state index in [1.54, 1.807) is 37.3 Å². The van der Waals surface area contributed by atoms with E-state index >= 15 is 0 Å². The minimum Gasteiger partial charge on any atom is -0.493 e. The molecule has 0 radical (unpaired) electrons. The third-order valence-electron chi connectivity index (χ3n) is 5.26. The Hall–Kier alpha value is -3.45. The van der Waals surface area contributed by atoms with E-state index in [2.05, 4.69) is 0 Å². The zero-order chi connectivity index (χ0) is 22.8. The Balaban J connectivity index is 1.70. The summed E-state index contributed by atoms with van der Waals surface area (Å²) in [4.78, 5) is 25.0. The molecule has 1 aliphatic rings. The SMILES string of the molecule is COC(=O)C1Oc2cc(C)oc(=O)c2C1c1ccc(OCc2ccccc2Cl)c(OC)c1. The highest BCUT2D eigenvalue weighted by atomic mass is 35.5. The van der Waals surface area contributed by atoms with E-state index in [4.69, 9.17) is 35.0 Å². The summed E-state index contributed by atoms with van der Waals surface area (Å²) in [6, 6.07) is 14.2. The predicted molar refractivity (Wildman–Crippen MR) is 117 cm³/mol. The molecule has 4 rings (SSSR count). The molecular formula is C24H21ClO7. The van der Waals surface area contributed by atoms with E-state index in [1.807, 2.05) is 18.2 Å². The van der Waals surface area contributed by atoms with Crippen LogP contribution in [0, 0.1) is 6.92 Å². The second-order valence-corrected chi connectivity index (χ2v) is 7.66. The Morgan fingerprint density at radius 2 is 1.88 bits per heavy atom. The van der Waals surface area contributed by atoms with Crippen molar-refractivity contribution in [1.29, 1.82) is 0 Å². The van der Waals surface area contributed by atoms with E-state index in [1.165, 1.54) is 14.2 Å². The largest absolute Gasteiger partial charge is 0.493 e. The molecule has 0 spiro atoms. The molecule has 0 amide bonds. The van der Waals surface area contributed by atoms with E-state index in [0.29, 0.717) is 33.6 Å². The summed E-state index contributed by atoms with van der Waals surface area (Å²) < 4.78 is 27.4. The number of benzene rings is 2. The van der Waals surface area contributed by atoms with Gasteiger partial charge in [0.15, 0.2) is 11.5 Å². The predicted octanol–water partition coefficient (Wildman–Crippen LogP) is 4.26. The van der Waals surface area contributed by atoms with Crippen LogP contribution in [0.2, 0.25) is 5.02 Å². The number of hydrogen-bond acceptors (Lipinski definition) is 7. The van der Waals surface area contributed by atoms with Crippen LogP contribution in [0.15, 0.2) is 57.7 Å². The fourth-order valence-electron chi connectivity index (χ4n) is 3.74. The maximum absolute atomic E-state index is 12.6. The number of hydrogen-bond donors (Lipinski definition) is 0. The molecule has 0 aliphatic carbocycles. The Kier molecular flexibility index (Phi) is 6.10. The van der Waals surface area contributed by atoms with Crippen LogP contribution in [-0.4, -0.2) is 26.3 Å². The van der Waals surface area contributed by atoms with Crippen LogP contribution < -0.4 is 19.8 Å². The van der Waals surface area contributed by atoms with E-state index < -0.39 is 23.6 Å². The molecule has 3 aromatic rings. The molecule has 0 N–H and O–H groups in total. The standard InChI is InChI=1S/C24H21ClO7/c1-13-10-19-21(23(26)31-13)20(22(32-19)24(27)29-3)14-8-9-17(18(11-14)28-2)30-12-15-6-4-5-7-16(15)25/h4-11,20,22H,12H2,1-3H3. The Labute approximate surface area is 189 Å². The van der Waals surface area contributed by atoms with Crippen LogP contribution >= 0.6 is 11.6 Å². The van der Waals surface area contributed by atoms with Crippen LogP contribution in [0.5, 0.6) is 17.2 Å². The summed E-state index contributed by atoms with van der Waals surface area (Å²) >= 11 is 6.20. The van der Waals surface area contributed by atoms with Gasteiger partial charge in [-0.1, -0.05) is 35.9 Å². The highest BCUT2D eigenvalue weighted by Gasteiger charge is 2.44. The van der Waals surface area contributed by atoms with Gasteiger partial charge in [0.2, 0.25) is 6.10 Å². The number of fused-ring (bicyclic) bond motifs is 1. The molecule has 2 aromatic carbocycles. The third-order valence-corrected chi connectivity index (χ3v) is 5.63. The molecule has 166 valence electrons. The fourth-order valence-corrected chi connectivity index (χ4v) is 3.93. The van der Waals surface area contributed by atoms with Gasteiger partial charge in [0.25, 0.3) is 0 Å². The summed E-state index contributed by atoms with van der Waals surface area (Å²) in [5.41, 5.74) is 1.15. The highest BCUT2D eigenvalue weighted by Crippen LogP contribution is 2.43. The number of carbonyl (C=O) groups excluding carboxylic acids is 1. The second-order valence-electron chi connectivity index (χ2n) is 7.25. The first-order valence-corrected chi connectivity index (χ1v) is 10.2. The first-order valence-electron chi connectivity index (χ1n) is 9.86. The van der Waals surface area contributed by atoms with Crippen molar-refractivity contribution in [2.75, 3.05) is 14.2 Å². The minimum atomic E-state index is -1.03. The molecule has 7 nitrogen and oxygen atoms in total. The summed E-state index contributed by atoms with van der Waals surface area (Å²) in [5.74, 6) is 0.294. The lowest BCUT2D eigenvalue weighted by Gasteiger charge is -2.19. The van der Waals surface area contributed by atoms with Gasteiger partial charge in [-0.2, -0.15) is 0 Å². The lowest BCUT2D eigenvalue weighted by molar-refractivity contribution is -0.148. The summed E-state index contributed by atoms with van der Waals surface area (Å²) in [7, 11) is 2.78. The van der Waals surface area contributed by atoms with Crippen molar-refractivity contribution >= 4 is 17.6 Å². The number of halogens is 1. The van der Waals surface area contributed by atoms with Gasteiger partial charge in [-0.3, -0.25) is 0 Å². The number of esters is 1. The Morgan fingerprint density at radius 1 is 1.09 bits per heavy atom. The zero-order valence-corrected chi connectivity index (χ0v) is 18.5. The molecule has 0 bridgehead atoms. The van der Waals surface area contributed by atoms with E-state index in [9.17, 15) is 9.59 Å². The smallest absolute Gasteiger partial charge is 0.348 e. The number of aryl methyl sites for hydroxylation is 1. The number of rotatable bonds is 6. The molecule has 2 heterocycles. The van der Waals surface area contributed by atoms with Crippen molar-refractivity contribution in [3.63, 3.8) is 0 Å². The topological polar surface area (TPSA) is 84.2 Å². The third kappa shape index (κ3) is 4.03. The van der Waals surface area contributed by atoms with Crippen molar-refractivity contribution < 1.29 is 28.2 Å². The van der Waals surface area contributed by atoms with Crippen LogP contribution in [0.25, 0.3) is 0 Å². The number of methoxy groups -OCH3 is 2. The lowest BCUT2D eigenvalue weighted by Crippen LogP contribution is -2.31. The first-order chi connectivity index (χ1) is 15.4. The minimum absolute atomic E-state index is 0.248. The number of carbonyl (C=O) groups is 1. The van der Waals surface area contributed by atoms with Gasteiger partial charge >= 0.3 is 11.6 Å². The lowest BCUT2D eigenvalue weighted by atomic mass is 9.88. The van der Waals surface area contributed by atoms with Crippen LogP contribution in [0.1, 0.15) is 28.4 Å². The monoisotopic (exact) mass is 456 g/mol. The summed E-state index contributed by atoms with van der Waals surface area (Å²) in [5, 5.41) is 0.603.